The molecule has 2 saturated heterocycles. The van der Waals surface area contributed by atoms with Crippen LogP contribution in [-0.4, -0.2) is 65.6 Å². The molecule has 0 spiro atoms. The van der Waals surface area contributed by atoms with Crippen LogP contribution in [0.25, 0.3) is 44.3 Å². The average Bonchev–Trinajstić information content (AvgIpc) is 3.95. The Labute approximate surface area is 296 Å². The molecule has 8 rings (SSSR count). The van der Waals surface area contributed by atoms with Gasteiger partial charge in [0.05, 0.1) is 40.5 Å². The van der Waals surface area contributed by atoms with Gasteiger partial charge in [0.2, 0.25) is 0 Å². The molecule has 3 aromatic carbocycles. The van der Waals surface area contributed by atoms with E-state index in [-0.39, 0.29) is 30.9 Å². The summed E-state index contributed by atoms with van der Waals surface area (Å²) in [5.74, 6) is 1.53. The van der Waals surface area contributed by atoms with Gasteiger partial charge in [-0.25, -0.2) is 19.6 Å². The normalized spacial score (nSPS) is 17.8. The molecule has 2 fully saturated rings. The number of carbonyl (C=O) groups is 2. The first-order valence-corrected chi connectivity index (χ1v) is 17.6. The summed E-state index contributed by atoms with van der Waals surface area (Å²) in [5, 5.41) is 1.01. The van der Waals surface area contributed by atoms with E-state index in [1.165, 1.54) is 0 Å². The molecule has 11 nitrogen and oxygen atoms in total. The minimum absolute atomic E-state index is 0.140. The summed E-state index contributed by atoms with van der Waals surface area (Å²) in [6.07, 6.45) is 6.50. The van der Waals surface area contributed by atoms with Gasteiger partial charge in [-0.1, -0.05) is 48.5 Å². The van der Waals surface area contributed by atoms with E-state index in [2.05, 4.69) is 51.4 Å². The van der Waals surface area contributed by atoms with Gasteiger partial charge in [-0.3, -0.25) is 14.8 Å². The number of benzene rings is 3. The van der Waals surface area contributed by atoms with E-state index in [1.807, 2.05) is 69.6 Å². The molecule has 3 aromatic heterocycles. The molecule has 51 heavy (non-hydrogen) atoms. The lowest BCUT2D eigenvalue weighted by Gasteiger charge is -2.27. The number of nitrogens with one attached hydrogen (secondary N) is 2. The van der Waals surface area contributed by atoms with Gasteiger partial charge in [0, 0.05) is 30.2 Å². The number of rotatable bonds is 6. The highest BCUT2D eigenvalue weighted by molar-refractivity contribution is 5.89. The fourth-order valence-electron chi connectivity index (χ4n) is 7.13. The number of aromatic nitrogens is 5. The lowest BCUT2D eigenvalue weighted by atomic mass is 10.0. The van der Waals surface area contributed by atoms with Gasteiger partial charge >= 0.3 is 12.2 Å². The molecule has 2 amide bonds. The van der Waals surface area contributed by atoms with Crippen LogP contribution >= 0.6 is 0 Å². The van der Waals surface area contributed by atoms with Crippen molar-refractivity contribution in [3.8, 4) is 22.4 Å². The van der Waals surface area contributed by atoms with Crippen LogP contribution in [0, 0.1) is 0 Å². The van der Waals surface area contributed by atoms with Crippen LogP contribution in [0.3, 0.4) is 0 Å². The Kier molecular flexibility index (Phi) is 8.41. The number of fused-ring (bicyclic) bond motifs is 2. The summed E-state index contributed by atoms with van der Waals surface area (Å²) >= 11 is 0. The van der Waals surface area contributed by atoms with Gasteiger partial charge in [0.25, 0.3) is 0 Å². The Morgan fingerprint density at radius 3 is 2.27 bits per heavy atom. The zero-order valence-corrected chi connectivity index (χ0v) is 29.1. The van der Waals surface area contributed by atoms with Crippen molar-refractivity contribution < 1.29 is 19.1 Å². The van der Waals surface area contributed by atoms with E-state index < -0.39 is 5.60 Å². The molecule has 2 atom stereocenters. The van der Waals surface area contributed by atoms with E-state index >= 15 is 0 Å². The molecule has 0 unspecified atom stereocenters. The molecule has 2 N–H and O–H groups in total. The quantitative estimate of drug-likeness (QED) is 0.180. The third kappa shape index (κ3) is 6.75. The van der Waals surface area contributed by atoms with E-state index in [0.717, 1.165) is 87.2 Å². The molecular weight excluding hydrogens is 642 g/mol. The average molecular weight is 684 g/mol. The van der Waals surface area contributed by atoms with Crippen molar-refractivity contribution in [1.82, 2.24) is 34.7 Å². The lowest BCUT2D eigenvalue weighted by molar-refractivity contribution is 0.0218. The molecule has 2 aliphatic rings. The smallest absolute Gasteiger partial charge is 0.410 e. The number of pyridine rings is 1. The van der Waals surface area contributed by atoms with Crippen LogP contribution in [0.15, 0.2) is 85.2 Å². The minimum atomic E-state index is -0.550. The molecule has 2 aliphatic heterocycles. The summed E-state index contributed by atoms with van der Waals surface area (Å²) in [4.78, 5) is 50.7. The van der Waals surface area contributed by atoms with Crippen molar-refractivity contribution in [2.75, 3.05) is 13.1 Å². The predicted octanol–water partition coefficient (Wildman–Crippen LogP) is 8.71. The zero-order chi connectivity index (χ0) is 35.1. The fraction of sp³-hybridized carbons (Fsp3) is 0.325. The summed E-state index contributed by atoms with van der Waals surface area (Å²) < 4.78 is 11.3. The third-order valence-corrected chi connectivity index (χ3v) is 9.63. The Morgan fingerprint density at radius 1 is 0.765 bits per heavy atom. The first kappa shape index (κ1) is 32.5. The highest BCUT2D eigenvalue weighted by atomic mass is 16.6. The number of aromatic amines is 2. The first-order chi connectivity index (χ1) is 24.7. The number of imidazole rings is 2. The van der Waals surface area contributed by atoms with Gasteiger partial charge in [0.15, 0.2) is 0 Å². The molecule has 260 valence electrons. The maximum Gasteiger partial charge on any atom is 0.410 e. The van der Waals surface area contributed by atoms with Gasteiger partial charge < -0.3 is 19.4 Å². The number of likely N-dealkylation sites (tertiary alicyclic amines) is 2. The SMILES string of the molecule is CC(C)(C)OC(=O)N1CCC[C@H]1c1nc2ccc(-c3ccc4cc(-c5cnc([C@@H]6CCCN6C(=O)OCc6ccccc6)[nH]5)cnc4c3)cc2[nH]1. The largest absolute Gasteiger partial charge is 0.445 e. The van der Waals surface area contributed by atoms with Crippen molar-refractivity contribution >= 4 is 34.1 Å². The highest BCUT2D eigenvalue weighted by Gasteiger charge is 2.35. The Morgan fingerprint density at radius 2 is 1.49 bits per heavy atom. The van der Waals surface area contributed by atoms with Crippen LogP contribution in [0.1, 0.15) is 75.8 Å². The lowest BCUT2D eigenvalue weighted by Crippen LogP contribution is -2.36. The highest BCUT2D eigenvalue weighted by Crippen LogP contribution is 2.35. The number of H-pyrrole nitrogens is 2. The van der Waals surface area contributed by atoms with E-state index in [1.54, 1.807) is 9.80 Å². The molecule has 5 heterocycles. The van der Waals surface area contributed by atoms with Crippen LogP contribution < -0.4 is 0 Å². The molecular formula is C40H41N7O4. The molecule has 6 aromatic rings. The molecule has 0 saturated carbocycles. The van der Waals surface area contributed by atoms with Crippen molar-refractivity contribution in [2.24, 2.45) is 0 Å². The second-order valence-corrected chi connectivity index (χ2v) is 14.4. The van der Waals surface area contributed by atoms with E-state index in [0.29, 0.717) is 13.1 Å². The van der Waals surface area contributed by atoms with Crippen molar-refractivity contribution in [1.29, 1.82) is 0 Å². The van der Waals surface area contributed by atoms with Crippen LogP contribution in [0.5, 0.6) is 0 Å². The molecule has 0 radical (unpaired) electrons. The third-order valence-electron chi connectivity index (χ3n) is 9.63. The number of nitrogens with zero attached hydrogens (tertiary/aromatic N) is 5. The summed E-state index contributed by atoms with van der Waals surface area (Å²) in [6.45, 7) is 7.18. The topological polar surface area (TPSA) is 129 Å². The van der Waals surface area contributed by atoms with Gasteiger partial charge in [-0.05, 0) is 87.4 Å². The number of amides is 2. The van der Waals surface area contributed by atoms with Gasteiger partial charge in [-0.15, -0.1) is 0 Å². The van der Waals surface area contributed by atoms with Crippen molar-refractivity contribution in [3.05, 3.63) is 102 Å². The molecule has 11 heteroatoms. The van der Waals surface area contributed by atoms with Crippen LogP contribution in [-0.2, 0) is 16.1 Å². The van der Waals surface area contributed by atoms with Crippen LogP contribution in [0.4, 0.5) is 9.59 Å². The number of ether oxygens (including phenoxy) is 2. The molecule has 0 aliphatic carbocycles. The Balaban J connectivity index is 0.971. The monoisotopic (exact) mass is 683 g/mol. The first-order valence-electron chi connectivity index (χ1n) is 17.6. The fourth-order valence-corrected chi connectivity index (χ4v) is 7.13. The van der Waals surface area contributed by atoms with Crippen molar-refractivity contribution in [3.63, 3.8) is 0 Å². The Hall–Kier alpha value is -5.71. The van der Waals surface area contributed by atoms with Gasteiger partial charge in [0.1, 0.15) is 23.9 Å². The minimum Gasteiger partial charge on any atom is -0.445 e. The summed E-state index contributed by atoms with van der Waals surface area (Å²) in [6, 6.07) is 24.0. The number of hydrogen-bond donors (Lipinski definition) is 2. The van der Waals surface area contributed by atoms with Crippen molar-refractivity contribution in [2.45, 2.75) is 70.7 Å². The zero-order valence-electron chi connectivity index (χ0n) is 29.1. The van der Waals surface area contributed by atoms with Crippen LogP contribution in [0.2, 0.25) is 0 Å². The van der Waals surface area contributed by atoms with E-state index in [9.17, 15) is 9.59 Å². The maximum atomic E-state index is 13.0. The van der Waals surface area contributed by atoms with E-state index in [4.69, 9.17) is 19.4 Å². The summed E-state index contributed by atoms with van der Waals surface area (Å²) in [7, 11) is 0. The number of carbonyl (C=O) groups excluding carboxylic acids is 2. The summed E-state index contributed by atoms with van der Waals surface area (Å²) in [5.41, 5.74) is 6.92. The molecule has 0 bridgehead atoms. The Bertz CT molecular complexity index is 2220. The predicted molar refractivity (Wildman–Crippen MR) is 195 cm³/mol. The standard InChI is InChI=1S/C40H41N7O4/c1-40(2,3)51-39(49)47-18-8-12-35(47)37-43-30-16-15-27(21-32(30)44-37)26-13-14-28-19-29(22-41-31(28)20-26)33-23-42-36(45-33)34-11-7-17-46(34)38(48)50-24-25-9-5-4-6-10-25/h4-6,9-10,13-16,19-23,34-35H,7-8,11-12,17-18,24H2,1-3H3,(H,42,45)(H,43,44)/t34-,35-/m0/s1. The second-order valence-electron chi connectivity index (χ2n) is 14.4. The van der Waals surface area contributed by atoms with Gasteiger partial charge in [-0.2, -0.15) is 0 Å². The second kappa shape index (κ2) is 13.2. The number of hydrogen-bond acceptors (Lipinski definition) is 7. The maximum absolute atomic E-state index is 13.0.